The average Bonchev–Trinajstić information content (AvgIpc) is 3.57. The number of hydrogen-bond acceptors (Lipinski definition) is 9. The molecule has 268 valence electrons. The molecular formula is C37H43N7O6S. The van der Waals surface area contributed by atoms with Crippen LogP contribution in [0.4, 0.5) is 21.9 Å². The van der Waals surface area contributed by atoms with Crippen molar-refractivity contribution in [3.8, 4) is 28.6 Å². The quantitative estimate of drug-likeness (QED) is 0.139. The Kier molecular flexibility index (Phi) is 10.5. The van der Waals surface area contributed by atoms with Crippen LogP contribution in [0.1, 0.15) is 26.3 Å². The summed E-state index contributed by atoms with van der Waals surface area (Å²) in [5.41, 5.74) is 3.18. The lowest BCUT2D eigenvalue weighted by molar-refractivity contribution is 0.0364. The van der Waals surface area contributed by atoms with Gasteiger partial charge in [0.1, 0.15) is 11.5 Å². The molecule has 3 heterocycles. The topological polar surface area (TPSA) is 149 Å². The molecule has 2 amide bonds. The van der Waals surface area contributed by atoms with Gasteiger partial charge in [-0.25, -0.2) is 18.2 Å². The highest BCUT2D eigenvalue weighted by atomic mass is 32.2. The normalized spacial score (nSPS) is 13.9. The first-order valence-corrected chi connectivity index (χ1v) is 18.5. The van der Waals surface area contributed by atoms with Gasteiger partial charge in [-0.3, -0.25) is 14.6 Å². The molecular weight excluding hydrogens is 671 g/mol. The number of nitrogens with one attached hydrogen (secondary N) is 3. The Bertz CT molecular complexity index is 2140. The number of nitrogens with zero attached hydrogens (tertiary/aromatic N) is 4. The van der Waals surface area contributed by atoms with Crippen molar-refractivity contribution in [3.63, 3.8) is 0 Å². The summed E-state index contributed by atoms with van der Waals surface area (Å²) in [4.78, 5) is 24.8. The number of rotatable bonds is 11. The van der Waals surface area contributed by atoms with Crippen molar-refractivity contribution >= 4 is 43.9 Å². The van der Waals surface area contributed by atoms with Gasteiger partial charge in [-0.2, -0.15) is 0 Å². The molecule has 1 aliphatic heterocycles. The molecule has 0 saturated carbocycles. The van der Waals surface area contributed by atoms with Crippen molar-refractivity contribution in [2.24, 2.45) is 0 Å². The fraction of sp³-hybridized carbons (Fsp3) is 0.324. The van der Waals surface area contributed by atoms with E-state index in [2.05, 4.69) is 34.8 Å². The van der Waals surface area contributed by atoms with E-state index in [0.717, 1.165) is 73.4 Å². The van der Waals surface area contributed by atoms with Crippen molar-refractivity contribution in [2.45, 2.75) is 32.7 Å². The minimum Gasteiger partial charge on any atom is -0.492 e. The van der Waals surface area contributed by atoms with E-state index in [-0.39, 0.29) is 16.9 Å². The van der Waals surface area contributed by atoms with E-state index in [1.807, 2.05) is 63.6 Å². The number of fused-ring (bicyclic) bond motifs is 1. The largest absolute Gasteiger partial charge is 0.492 e. The molecule has 0 atom stereocenters. The molecule has 0 aliphatic carbocycles. The molecule has 0 unspecified atom stereocenters. The summed E-state index contributed by atoms with van der Waals surface area (Å²) in [7, 11) is -2.20. The van der Waals surface area contributed by atoms with Crippen LogP contribution in [0.15, 0.2) is 79.4 Å². The van der Waals surface area contributed by atoms with Crippen molar-refractivity contribution in [1.82, 2.24) is 19.4 Å². The Morgan fingerprint density at radius 1 is 0.941 bits per heavy atom. The predicted molar refractivity (Wildman–Crippen MR) is 200 cm³/mol. The van der Waals surface area contributed by atoms with E-state index >= 15 is 0 Å². The van der Waals surface area contributed by atoms with Gasteiger partial charge >= 0.3 is 6.03 Å². The molecule has 5 aromatic rings. The van der Waals surface area contributed by atoms with Gasteiger partial charge in [-0.05, 0) is 41.3 Å². The molecule has 0 bridgehead atoms. The maximum absolute atomic E-state index is 13.5. The van der Waals surface area contributed by atoms with Crippen molar-refractivity contribution < 1.29 is 27.4 Å². The molecule has 14 heteroatoms. The number of anilines is 3. The number of urea groups is 1. The van der Waals surface area contributed by atoms with Crippen LogP contribution in [0.5, 0.6) is 17.2 Å². The summed E-state index contributed by atoms with van der Waals surface area (Å²) >= 11 is 0. The number of hydrogen-bond donors (Lipinski definition) is 3. The fourth-order valence-corrected chi connectivity index (χ4v) is 6.47. The van der Waals surface area contributed by atoms with Gasteiger partial charge in [-0.1, -0.05) is 45.0 Å². The average molecular weight is 714 g/mol. The third-order valence-electron chi connectivity index (χ3n) is 8.53. The molecule has 0 spiro atoms. The Balaban J connectivity index is 1.22. The van der Waals surface area contributed by atoms with Crippen LogP contribution in [-0.2, 0) is 26.7 Å². The van der Waals surface area contributed by atoms with E-state index in [1.165, 1.54) is 7.11 Å². The van der Waals surface area contributed by atoms with Crippen molar-refractivity contribution in [2.75, 3.05) is 61.6 Å². The summed E-state index contributed by atoms with van der Waals surface area (Å²) in [5.74, 6) is 1.40. The maximum atomic E-state index is 13.5. The summed E-state index contributed by atoms with van der Waals surface area (Å²) in [5, 5.41) is 7.35. The van der Waals surface area contributed by atoms with Crippen molar-refractivity contribution in [3.05, 3.63) is 84.9 Å². The molecule has 1 saturated heterocycles. The second kappa shape index (κ2) is 15.0. The number of sulfonamides is 1. The van der Waals surface area contributed by atoms with Gasteiger partial charge in [0.15, 0.2) is 5.75 Å². The maximum Gasteiger partial charge on any atom is 0.323 e. The molecule has 6 rings (SSSR count). The highest BCUT2D eigenvalue weighted by molar-refractivity contribution is 7.92. The first-order valence-electron chi connectivity index (χ1n) is 16.6. The van der Waals surface area contributed by atoms with Crippen LogP contribution in [0.25, 0.3) is 22.2 Å². The van der Waals surface area contributed by atoms with Crippen LogP contribution in [-0.4, -0.2) is 80.1 Å². The lowest BCUT2D eigenvalue weighted by Crippen LogP contribution is -2.38. The van der Waals surface area contributed by atoms with E-state index < -0.39 is 16.1 Å². The highest BCUT2D eigenvalue weighted by Crippen LogP contribution is 2.40. The number of amides is 2. The number of pyridine rings is 1. The number of imidazole rings is 1. The zero-order chi connectivity index (χ0) is 36.2. The Hall–Kier alpha value is -5.18. The summed E-state index contributed by atoms with van der Waals surface area (Å²) in [6.07, 6.45) is 6.41. The Morgan fingerprint density at radius 2 is 1.67 bits per heavy atom. The van der Waals surface area contributed by atoms with Gasteiger partial charge < -0.3 is 29.4 Å². The lowest BCUT2D eigenvalue weighted by Gasteiger charge is -2.26. The van der Waals surface area contributed by atoms with Gasteiger partial charge in [0, 0.05) is 49.2 Å². The van der Waals surface area contributed by atoms with Crippen LogP contribution in [0.2, 0.25) is 0 Å². The van der Waals surface area contributed by atoms with Crippen LogP contribution < -0.4 is 24.8 Å². The molecule has 3 aromatic carbocycles. The molecule has 51 heavy (non-hydrogen) atoms. The third-order valence-corrected chi connectivity index (χ3v) is 9.12. The Labute approximate surface area is 298 Å². The molecule has 3 N–H and O–H groups in total. The summed E-state index contributed by atoms with van der Waals surface area (Å²) < 4.78 is 46.3. The second-order valence-electron chi connectivity index (χ2n) is 13.4. The molecule has 0 radical (unpaired) electrons. The van der Waals surface area contributed by atoms with E-state index in [1.54, 1.807) is 36.5 Å². The van der Waals surface area contributed by atoms with E-state index in [0.29, 0.717) is 22.9 Å². The number of benzene rings is 3. The second-order valence-corrected chi connectivity index (χ2v) is 15.1. The number of carbonyl (C=O) groups is 1. The van der Waals surface area contributed by atoms with Crippen LogP contribution in [0, 0.1) is 0 Å². The number of morpholine rings is 1. The minimum absolute atomic E-state index is 0.189. The lowest BCUT2D eigenvalue weighted by atomic mass is 9.86. The predicted octanol–water partition coefficient (Wildman–Crippen LogP) is 6.54. The van der Waals surface area contributed by atoms with E-state index in [9.17, 15) is 13.2 Å². The number of ether oxygens (including phenoxy) is 3. The van der Waals surface area contributed by atoms with Crippen LogP contribution >= 0.6 is 0 Å². The highest BCUT2D eigenvalue weighted by Gasteiger charge is 2.23. The summed E-state index contributed by atoms with van der Waals surface area (Å²) in [6.45, 7) is 11.0. The zero-order valence-corrected chi connectivity index (χ0v) is 30.2. The Morgan fingerprint density at radius 3 is 2.39 bits per heavy atom. The monoisotopic (exact) mass is 713 g/mol. The van der Waals surface area contributed by atoms with Gasteiger partial charge in [-0.15, -0.1) is 0 Å². The summed E-state index contributed by atoms with van der Waals surface area (Å²) in [6, 6.07) is 17.9. The minimum atomic E-state index is -3.62. The first-order chi connectivity index (χ1) is 24.4. The number of carbonyl (C=O) groups excluding carboxylic acids is 1. The zero-order valence-electron chi connectivity index (χ0n) is 29.4. The molecule has 1 fully saturated rings. The third kappa shape index (κ3) is 8.77. The standard InChI is InChI=1S/C37H43N7O6S/c1-37(2,3)25-20-31(35(48-4)32(21-25)42-51(5,46)47)41-36(45)40-29-10-11-34(28-9-7-6-8-27(28)29)50-26-12-13-39-30(22-26)33-23-38-24-44(33)15-14-43-16-18-49-19-17-43/h6-13,20-24,42H,14-19H2,1-5H3,(H2,40,41,45). The van der Waals surface area contributed by atoms with Gasteiger partial charge in [0.2, 0.25) is 10.0 Å². The molecule has 1 aliphatic rings. The van der Waals surface area contributed by atoms with Crippen LogP contribution in [0.3, 0.4) is 0 Å². The molecule has 13 nitrogen and oxygen atoms in total. The number of methoxy groups -OCH3 is 1. The first kappa shape index (κ1) is 35.6. The fourth-order valence-electron chi connectivity index (χ4n) is 5.92. The molecule has 2 aromatic heterocycles. The van der Waals surface area contributed by atoms with Crippen molar-refractivity contribution in [1.29, 1.82) is 0 Å². The van der Waals surface area contributed by atoms with E-state index in [4.69, 9.17) is 14.2 Å². The van der Waals surface area contributed by atoms with Gasteiger partial charge in [0.05, 0.1) is 67.6 Å². The van der Waals surface area contributed by atoms with Gasteiger partial charge in [0.25, 0.3) is 0 Å². The smallest absolute Gasteiger partial charge is 0.323 e. The SMILES string of the molecule is COc1c(NC(=O)Nc2ccc(Oc3ccnc(-c4cncn4CCN4CCOCC4)c3)c3ccccc23)cc(C(C)(C)C)cc1NS(C)(=O)=O. The number of aromatic nitrogens is 3.